The second-order valence-electron chi connectivity index (χ2n) is 7.85. The summed E-state index contributed by atoms with van der Waals surface area (Å²) in [6.07, 6.45) is 2.55. The Labute approximate surface area is 164 Å². The number of carbonyl (C=O) groups is 2. The van der Waals surface area contributed by atoms with Crippen LogP contribution >= 0.6 is 0 Å². The van der Waals surface area contributed by atoms with Crippen LogP contribution in [0.3, 0.4) is 0 Å². The Morgan fingerprint density at radius 2 is 2.04 bits per heavy atom. The summed E-state index contributed by atoms with van der Waals surface area (Å²) in [7, 11) is 0. The molecule has 2 rings (SSSR count). The molecule has 0 fully saturated rings. The van der Waals surface area contributed by atoms with Crippen molar-refractivity contribution in [1.29, 1.82) is 0 Å². The van der Waals surface area contributed by atoms with Crippen molar-refractivity contribution in [1.82, 2.24) is 20.2 Å². The number of hydrogen-bond acceptors (Lipinski definition) is 7. The van der Waals surface area contributed by atoms with Crippen molar-refractivity contribution in [2.75, 3.05) is 11.6 Å². The van der Waals surface area contributed by atoms with E-state index in [1.54, 1.807) is 6.07 Å². The van der Waals surface area contributed by atoms with Gasteiger partial charge in [-0.1, -0.05) is 33.3 Å². The van der Waals surface area contributed by atoms with Gasteiger partial charge in [0.15, 0.2) is 0 Å². The third-order valence-electron chi connectivity index (χ3n) is 4.66. The molecule has 1 unspecified atom stereocenters. The number of hydrazine groups is 1. The summed E-state index contributed by atoms with van der Waals surface area (Å²) in [5, 5.41) is 19.0. The average molecular weight is 388 g/mol. The van der Waals surface area contributed by atoms with E-state index in [1.807, 2.05) is 32.9 Å². The number of fused-ring (bicyclic) bond motifs is 1. The zero-order valence-electron chi connectivity index (χ0n) is 16.8. The number of carbonyl (C=O) groups excluding carboxylic acids is 2. The summed E-state index contributed by atoms with van der Waals surface area (Å²) in [4.78, 5) is 28.2. The van der Waals surface area contributed by atoms with E-state index in [2.05, 4.69) is 22.1 Å². The fraction of sp³-hybridized carbons (Fsp3) is 0.526. The Kier molecular flexibility index (Phi) is 6.98. The number of anilines is 1. The van der Waals surface area contributed by atoms with Crippen molar-refractivity contribution in [2.45, 2.75) is 47.0 Å². The topological polar surface area (TPSA) is 126 Å². The van der Waals surface area contributed by atoms with Gasteiger partial charge in [0, 0.05) is 0 Å². The molecule has 1 aromatic heterocycles. The zero-order chi connectivity index (χ0) is 20.9. The summed E-state index contributed by atoms with van der Waals surface area (Å²) >= 11 is 0. The third kappa shape index (κ3) is 5.43. The SMILES string of the molecule is CCCC(C)(C)CC(CN(O)C=O)C(=O)N(N)c1nnc2cc(C)ccc2n1. The summed E-state index contributed by atoms with van der Waals surface area (Å²) in [5.74, 6) is 4.77. The highest BCUT2D eigenvalue weighted by Crippen LogP contribution is 2.32. The Morgan fingerprint density at radius 1 is 1.32 bits per heavy atom. The molecule has 152 valence electrons. The summed E-state index contributed by atoms with van der Waals surface area (Å²) in [6.45, 7) is 7.91. The van der Waals surface area contributed by atoms with E-state index in [0.717, 1.165) is 23.4 Å². The number of hydrogen-bond donors (Lipinski definition) is 2. The number of aromatic nitrogens is 3. The maximum atomic E-state index is 13.0. The Balaban J connectivity index is 2.28. The monoisotopic (exact) mass is 388 g/mol. The molecule has 9 heteroatoms. The molecule has 9 nitrogen and oxygen atoms in total. The molecule has 0 aliphatic rings. The number of amides is 2. The van der Waals surface area contributed by atoms with Crippen LogP contribution in [0.5, 0.6) is 0 Å². The molecule has 28 heavy (non-hydrogen) atoms. The van der Waals surface area contributed by atoms with Crippen LogP contribution in [0.15, 0.2) is 18.2 Å². The van der Waals surface area contributed by atoms with Crippen molar-refractivity contribution in [2.24, 2.45) is 17.2 Å². The van der Waals surface area contributed by atoms with Crippen LogP contribution < -0.4 is 10.9 Å². The van der Waals surface area contributed by atoms with Crippen molar-refractivity contribution in [3.63, 3.8) is 0 Å². The Hall–Kier alpha value is -2.65. The summed E-state index contributed by atoms with van der Waals surface area (Å²) in [6, 6.07) is 5.50. The van der Waals surface area contributed by atoms with Crippen LogP contribution in [0.2, 0.25) is 0 Å². The van der Waals surface area contributed by atoms with Gasteiger partial charge in [0.25, 0.3) is 5.95 Å². The second-order valence-corrected chi connectivity index (χ2v) is 7.85. The van der Waals surface area contributed by atoms with Gasteiger partial charge in [-0.05, 0) is 42.9 Å². The van der Waals surface area contributed by atoms with E-state index in [1.165, 1.54) is 0 Å². The van der Waals surface area contributed by atoms with E-state index >= 15 is 0 Å². The van der Waals surface area contributed by atoms with E-state index in [9.17, 15) is 14.8 Å². The lowest BCUT2D eigenvalue weighted by atomic mass is 9.79. The minimum atomic E-state index is -0.709. The van der Waals surface area contributed by atoms with Crippen molar-refractivity contribution < 1.29 is 14.8 Å². The molecule has 3 N–H and O–H groups in total. The Morgan fingerprint density at radius 3 is 2.68 bits per heavy atom. The molecular formula is C19H28N6O3. The van der Waals surface area contributed by atoms with Crippen LogP contribution in [-0.2, 0) is 9.59 Å². The molecule has 0 radical (unpaired) electrons. The van der Waals surface area contributed by atoms with Gasteiger partial charge in [-0.3, -0.25) is 14.8 Å². The normalized spacial score (nSPS) is 12.6. The minimum absolute atomic E-state index is 0.0322. The second kappa shape index (κ2) is 9.03. The van der Waals surface area contributed by atoms with Crippen molar-refractivity contribution >= 4 is 29.3 Å². The van der Waals surface area contributed by atoms with E-state index in [4.69, 9.17) is 5.84 Å². The predicted molar refractivity (Wildman–Crippen MR) is 105 cm³/mol. The van der Waals surface area contributed by atoms with E-state index in [-0.39, 0.29) is 24.3 Å². The van der Waals surface area contributed by atoms with Gasteiger partial charge in [0.05, 0.1) is 18.0 Å². The number of nitrogens with zero attached hydrogens (tertiary/aromatic N) is 5. The fourth-order valence-corrected chi connectivity index (χ4v) is 3.38. The van der Waals surface area contributed by atoms with Crippen LogP contribution in [-0.4, -0.2) is 44.3 Å². The maximum Gasteiger partial charge on any atom is 0.267 e. The van der Waals surface area contributed by atoms with Crippen LogP contribution in [0.4, 0.5) is 5.95 Å². The zero-order valence-corrected chi connectivity index (χ0v) is 16.8. The number of benzene rings is 1. The molecule has 0 spiro atoms. The molecule has 0 saturated carbocycles. The molecule has 2 aromatic rings. The first-order valence-electron chi connectivity index (χ1n) is 9.27. The van der Waals surface area contributed by atoms with Crippen molar-refractivity contribution in [3.05, 3.63) is 23.8 Å². The number of hydroxylamine groups is 2. The smallest absolute Gasteiger partial charge is 0.267 e. The standard InChI is InChI=1S/C19H28N6O3/c1-5-8-19(3,4)10-14(11-24(28)12-26)17(27)25(20)18-21-15-7-6-13(2)9-16(15)22-23-18/h6-7,9,12,14,28H,5,8,10-11,20H2,1-4H3. The van der Waals surface area contributed by atoms with Gasteiger partial charge < -0.3 is 0 Å². The molecule has 1 aromatic carbocycles. The molecule has 1 atom stereocenters. The number of rotatable bonds is 9. The first-order valence-corrected chi connectivity index (χ1v) is 9.27. The fourth-order valence-electron chi connectivity index (χ4n) is 3.38. The Bertz CT molecular complexity index is 842. The van der Waals surface area contributed by atoms with Gasteiger partial charge in [0.2, 0.25) is 12.3 Å². The molecule has 0 aliphatic carbocycles. The molecule has 0 aliphatic heterocycles. The van der Waals surface area contributed by atoms with Crippen LogP contribution in [0.1, 0.15) is 45.6 Å². The van der Waals surface area contributed by atoms with Crippen LogP contribution in [0.25, 0.3) is 11.0 Å². The highest BCUT2D eigenvalue weighted by atomic mass is 16.5. The van der Waals surface area contributed by atoms with E-state index < -0.39 is 11.8 Å². The third-order valence-corrected chi connectivity index (χ3v) is 4.66. The highest BCUT2D eigenvalue weighted by molar-refractivity contribution is 5.93. The quantitative estimate of drug-likeness (QED) is 0.222. The van der Waals surface area contributed by atoms with Crippen LogP contribution in [0, 0.1) is 18.3 Å². The predicted octanol–water partition coefficient (Wildman–Crippen LogP) is 2.22. The van der Waals surface area contributed by atoms with E-state index in [0.29, 0.717) is 22.5 Å². The van der Waals surface area contributed by atoms with Gasteiger partial charge in [-0.15, -0.1) is 10.2 Å². The minimum Gasteiger partial charge on any atom is -0.286 e. The average Bonchev–Trinajstić information content (AvgIpc) is 2.65. The van der Waals surface area contributed by atoms with Gasteiger partial charge in [-0.25, -0.2) is 20.9 Å². The largest absolute Gasteiger partial charge is 0.286 e. The lowest BCUT2D eigenvalue weighted by molar-refractivity contribution is -0.155. The molecular weight excluding hydrogens is 360 g/mol. The molecule has 2 amide bonds. The highest BCUT2D eigenvalue weighted by Gasteiger charge is 2.32. The molecule has 1 heterocycles. The first-order chi connectivity index (χ1) is 13.2. The van der Waals surface area contributed by atoms with Gasteiger partial charge in [-0.2, -0.15) is 0 Å². The molecule has 0 saturated heterocycles. The van der Waals surface area contributed by atoms with Gasteiger partial charge in [0.1, 0.15) is 5.52 Å². The first kappa shape index (κ1) is 21.6. The lowest BCUT2D eigenvalue weighted by Crippen LogP contribution is -2.47. The lowest BCUT2D eigenvalue weighted by Gasteiger charge is -2.31. The summed E-state index contributed by atoms with van der Waals surface area (Å²) < 4.78 is 0. The number of aryl methyl sites for hydroxylation is 1. The molecule has 0 bridgehead atoms. The number of nitrogens with two attached hydrogens (primary N) is 1. The summed E-state index contributed by atoms with van der Waals surface area (Å²) in [5.41, 5.74) is 2.03. The van der Waals surface area contributed by atoms with Gasteiger partial charge >= 0.3 is 0 Å². The maximum absolute atomic E-state index is 13.0. The van der Waals surface area contributed by atoms with Crippen molar-refractivity contribution in [3.8, 4) is 0 Å².